The summed E-state index contributed by atoms with van der Waals surface area (Å²) in [4.78, 5) is 22.2. The molecule has 0 spiro atoms. The Labute approximate surface area is 166 Å². The second kappa shape index (κ2) is 20.3. The highest BCUT2D eigenvalue weighted by atomic mass is 35.5. The monoisotopic (exact) mass is 389 g/mol. The Balaban J connectivity index is 0. The number of unbranched alkanes of at least 4 members (excludes halogenated alkanes) is 11. The summed E-state index contributed by atoms with van der Waals surface area (Å²) in [5.74, 6) is -0.929. The van der Waals surface area contributed by atoms with Crippen LogP contribution in [0.2, 0.25) is 0 Å². The third kappa shape index (κ3) is 19.3. The molecule has 0 rings (SSSR count). The number of primary amides is 1. The summed E-state index contributed by atoms with van der Waals surface area (Å²) in [6.07, 6.45) is 20.1. The second-order valence-electron chi connectivity index (χ2n) is 6.87. The molecule has 1 atom stereocenters. The second-order valence-corrected chi connectivity index (χ2v) is 6.87. The van der Waals surface area contributed by atoms with Crippen molar-refractivity contribution in [1.82, 2.24) is 0 Å². The Hall–Kier alpha value is -1.03. The summed E-state index contributed by atoms with van der Waals surface area (Å²) in [7, 11) is 0. The standard InChI is InChI=1S/C21H39NO3.ClH/c1-3-4-5-6-7-8-9-10-11-12-13-14-15-16-17-18-20(23)25-19(2)21(22)24;/h10-11,19H,3-9,12-18H2,1-2H3,(H2,22,24);1H/b11-10-;. The summed E-state index contributed by atoms with van der Waals surface area (Å²) in [5, 5.41) is 0. The molecule has 0 radical (unpaired) electrons. The third-order valence-corrected chi connectivity index (χ3v) is 4.35. The van der Waals surface area contributed by atoms with Crippen LogP contribution in [0.1, 0.15) is 104 Å². The first kappa shape index (κ1) is 27.2. The van der Waals surface area contributed by atoms with Crippen molar-refractivity contribution in [2.24, 2.45) is 5.73 Å². The number of amides is 1. The highest BCUT2D eigenvalue weighted by Gasteiger charge is 2.13. The van der Waals surface area contributed by atoms with Crippen LogP contribution in [0.3, 0.4) is 0 Å². The molecule has 1 amide bonds. The molecular formula is C21H40ClNO3. The SMILES string of the molecule is CCCCCCCC/C=C\CCCCCCCC(=O)OC(C)C(N)=O.Cl. The zero-order valence-electron chi connectivity index (χ0n) is 16.8. The number of carbonyl (C=O) groups is 2. The lowest BCUT2D eigenvalue weighted by Gasteiger charge is -2.09. The van der Waals surface area contributed by atoms with Crippen LogP contribution in [0, 0.1) is 0 Å². The minimum atomic E-state index is -0.823. The van der Waals surface area contributed by atoms with Gasteiger partial charge in [0.1, 0.15) is 0 Å². The van der Waals surface area contributed by atoms with Gasteiger partial charge in [0, 0.05) is 6.42 Å². The van der Waals surface area contributed by atoms with E-state index >= 15 is 0 Å². The normalized spacial score (nSPS) is 11.9. The van der Waals surface area contributed by atoms with E-state index in [1.54, 1.807) is 0 Å². The van der Waals surface area contributed by atoms with Crippen molar-refractivity contribution in [2.75, 3.05) is 0 Å². The molecule has 1 unspecified atom stereocenters. The van der Waals surface area contributed by atoms with Gasteiger partial charge in [0.25, 0.3) is 5.91 Å². The van der Waals surface area contributed by atoms with E-state index in [0.717, 1.165) is 25.7 Å². The molecule has 0 bridgehead atoms. The van der Waals surface area contributed by atoms with E-state index in [4.69, 9.17) is 10.5 Å². The van der Waals surface area contributed by atoms with Crippen molar-refractivity contribution < 1.29 is 14.3 Å². The predicted molar refractivity (Wildman–Crippen MR) is 111 cm³/mol. The summed E-state index contributed by atoms with van der Waals surface area (Å²) in [6.45, 7) is 3.75. The van der Waals surface area contributed by atoms with E-state index in [2.05, 4.69) is 19.1 Å². The number of rotatable bonds is 17. The van der Waals surface area contributed by atoms with Crippen LogP contribution in [-0.4, -0.2) is 18.0 Å². The van der Waals surface area contributed by atoms with Gasteiger partial charge < -0.3 is 10.5 Å². The number of nitrogens with two attached hydrogens (primary N) is 1. The molecule has 0 fully saturated rings. The van der Waals surface area contributed by atoms with Crippen molar-refractivity contribution in [3.63, 3.8) is 0 Å². The Morgan fingerprint density at radius 3 is 1.81 bits per heavy atom. The van der Waals surface area contributed by atoms with Crippen LogP contribution in [-0.2, 0) is 14.3 Å². The Morgan fingerprint density at radius 1 is 0.846 bits per heavy atom. The van der Waals surface area contributed by atoms with E-state index in [1.807, 2.05) is 0 Å². The molecular weight excluding hydrogens is 350 g/mol. The number of hydrogen-bond acceptors (Lipinski definition) is 3. The average molecular weight is 390 g/mol. The molecule has 26 heavy (non-hydrogen) atoms. The summed E-state index contributed by atoms with van der Waals surface area (Å²) in [6, 6.07) is 0. The highest BCUT2D eigenvalue weighted by molar-refractivity contribution is 5.85. The minimum Gasteiger partial charge on any atom is -0.453 e. The Bertz CT molecular complexity index is 372. The van der Waals surface area contributed by atoms with Crippen molar-refractivity contribution in [3.05, 3.63) is 12.2 Å². The van der Waals surface area contributed by atoms with Crippen LogP contribution in [0.15, 0.2) is 12.2 Å². The lowest BCUT2D eigenvalue weighted by Crippen LogP contribution is -2.30. The maximum Gasteiger partial charge on any atom is 0.306 e. The average Bonchev–Trinajstić information content (AvgIpc) is 2.58. The number of halogens is 1. The molecule has 0 aromatic carbocycles. The first-order valence-corrected chi connectivity index (χ1v) is 10.2. The molecule has 0 saturated carbocycles. The Morgan fingerprint density at radius 2 is 1.31 bits per heavy atom. The van der Waals surface area contributed by atoms with Gasteiger partial charge in [-0.25, -0.2) is 0 Å². The number of hydrogen-bond donors (Lipinski definition) is 1. The van der Waals surface area contributed by atoms with E-state index in [9.17, 15) is 9.59 Å². The molecule has 0 saturated heterocycles. The van der Waals surface area contributed by atoms with Gasteiger partial charge >= 0.3 is 5.97 Å². The molecule has 4 nitrogen and oxygen atoms in total. The van der Waals surface area contributed by atoms with Crippen LogP contribution in [0.4, 0.5) is 0 Å². The minimum absolute atomic E-state index is 0. The van der Waals surface area contributed by atoms with Crippen LogP contribution in [0.5, 0.6) is 0 Å². The molecule has 0 aliphatic heterocycles. The molecule has 0 aliphatic carbocycles. The summed E-state index contributed by atoms with van der Waals surface area (Å²) in [5.41, 5.74) is 5.05. The van der Waals surface area contributed by atoms with Crippen molar-refractivity contribution in [3.8, 4) is 0 Å². The van der Waals surface area contributed by atoms with Crippen molar-refractivity contribution in [1.29, 1.82) is 0 Å². The zero-order valence-corrected chi connectivity index (χ0v) is 17.7. The number of carbonyl (C=O) groups excluding carboxylic acids is 2. The quantitative estimate of drug-likeness (QED) is 0.192. The van der Waals surface area contributed by atoms with Gasteiger partial charge in [-0.05, 0) is 39.0 Å². The number of esters is 1. The van der Waals surface area contributed by atoms with E-state index in [1.165, 1.54) is 64.7 Å². The van der Waals surface area contributed by atoms with Gasteiger partial charge in [0.05, 0.1) is 0 Å². The molecule has 154 valence electrons. The summed E-state index contributed by atoms with van der Waals surface area (Å²) >= 11 is 0. The maximum atomic E-state index is 11.5. The number of ether oxygens (including phenoxy) is 1. The van der Waals surface area contributed by atoms with E-state index < -0.39 is 12.0 Å². The van der Waals surface area contributed by atoms with Crippen LogP contribution in [0.25, 0.3) is 0 Å². The zero-order chi connectivity index (χ0) is 18.8. The smallest absolute Gasteiger partial charge is 0.306 e. The lowest BCUT2D eigenvalue weighted by molar-refractivity contribution is -0.153. The fraction of sp³-hybridized carbons (Fsp3) is 0.810. The molecule has 0 aromatic rings. The topological polar surface area (TPSA) is 69.4 Å². The number of allylic oxidation sites excluding steroid dienone is 2. The van der Waals surface area contributed by atoms with E-state index in [0.29, 0.717) is 6.42 Å². The Kier molecular flexibility index (Phi) is 21.2. The summed E-state index contributed by atoms with van der Waals surface area (Å²) < 4.78 is 4.91. The molecule has 0 aliphatic rings. The molecule has 0 aromatic heterocycles. The third-order valence-electron chi connectivity index (χ3n) is 4.35. The highest BCUT2D eigenvalue weighted by Crippen LogP contribution is 2.10. The van der Waals surface area contributed by atoms with Crippen molar-refractivity contribution >= 4 is 24.3 Å². The van der Waals surface area contributed by atoms with Gasteiger partial charge in [-0.3, -0.25) is 9.59 Å². The molecule has 5 heteroatoms. The predicted octanol–water partition coefficient (Wildman–Crippen LogP) is 5.86. The van der Waals surface area contributed by atoms with Gasteiger partial charge in [0.15, 0.2) is 6.10 Å². The van der Waals surface area contributed by atoms with Crippen LogP contribution >= 0.6 is 12.4 Å². The van der Waals surface area contributed by atoms with Crippen LogP contribution < -0.4 is 5.73 Å². The van der Waals surface area contributed by atoms with Gasteiger partial charge in [-0.2, -0.15) is 0 Å². The fourth-order valence-corrected chi connectivity index (χ4v) is 2.65. The first-order chi connectivity index (χ1) is 12.1. The van der Waals surface area contributed by atoms with Gasteiger partial charge in [-0.15, -0.1) is 12.4 Å². The molecule has 2 N–H and O–H groups in total. The van der Waals surface area contributed by atoms with Gasteiger partial charge in [0.2, 0.25) is 0 Å². The van der Waals surface area contributed by atoms with Gasteiger partial charge in [-0.1, -0.05) is 70.4 Å². The molecule has 0 heterocycles. The van der Waals surface area contributed by atoms with Crippen molar-refractivity contribution in [2.45, 2.75) is 110 Å². The fourth-order valence-electron chi connectivity index (χ4n) is 2.65. The largest absolute Gasteiger partial charge is 0.453 e. The van der Waals surface area contributed by atoms with E-state index in [-0.39, 0.29) is 18.4 Å². The maximum absolute atomic E-state index is 11.5. The lowest BCUT2D eigenvalue weighted by atomic mass is 10.1. The first-order valence-electron chi connectivity index (χ1n) is 10.2.